The van der Waals surface area contributed by atoms with E-state index in [9.17, 15) is 0 Å². The molecule has 3 aromatic rings. The highest BCUT2D eigenvalue weighted by molar-refractivity contribution is 14.1. The number of halogens is 3. The van der Waals surface area contributed by atoms with Crippen molar-refractivity contribution in [1.82, 2.24) is 10.2 Å². The molecule has 0 atom stereocenters. The van der Waals surface area contributed by atoms with Crippen LogP contribution in [0.2, 0.25) is 5.02 Å². The second-order valence-electron chi connectivity index (χ2n) is 4.49. The molecule has 0 fully saturated rings. The molecule has 0 saturated carbocycles. The van der Waals surface area contributed by atoms with Gasteiger partial charge in [0.25, 0.3) is 0 Å². The molecule has 3 rings (SSSR count). The number of hydrogen-bond acceptors (Lipinski definition) is 2. The molecule has 2 aromatic carbocycles. The third kappa shape index (κ3) is 2.95. The zero-order valence-corrected chi connectivity index (χ0v) is 15.2. The minimum atomic E-state index is 0.475. The molecule has 0 saturated heterocycles. The van der Waals surface area contributed by atoms with Crippen LogP contribution in [0, 0.1) is 3.57 Å². The Balaban J connectivity index is 2.21. The van der Waals surface area contributed by atoms with Gasteiger partial charge in [0, 0.05) is 18.6 Å². The van der Waals surface area contributed by atoms with Gasteiger partial charge in [-0.2, -0.15) is 5.10 Å². The SMILES string of the molecule is Nc1n[nH]c(-c2cc(Br)ccc2I)c1-c1ccc(Cl)cc1. The van der Waals surface area contributed by atoms with Crippen LogP contribution in [0.4, 0.5) is 5.82 Å². The second-order valence-corrected chi connectivity index (χ2v) is 7.00. The molecule has 0 aliphatic carbocycles. The van der Waals surface area contributed by atoms with Crippen molar-refractivity contribution in [3.63, 3.8) is 0 Å². The van der Waals surface area contributed by atoms with Gasteiger partial charge in [-0.25, -0.2) is 0 Å². The summed E-state index contributed by atoms with van der Waals surface area (Å²) >= 11 is 11.8. The van der Waals surface area contributed by atoms with E-state index in [0.717, 1.165) is 30.4 Å². The first kappa shape index (κ1) is 14.9. The van der Waals surface area contributed by atoms with Gasteiger partial charge in [0.15, 0.2) is 5.82 Å². The van der Waals surface area contributed by atoms with Gasteiger partial charge in [0.1, 0.15) is 0 Å². The van der Waals surface area contributed by atoms with Crippen LogP contribution in [0.25, 0.3) is 22.4 Å². The molecule has 0 radical (unpaired) electrons. The molecule has 0 amide bonds. The Hall–Kier alpha value is -1.05. The maximum Gasteiger partial charge on any atom is 0.153 e. The predicted molar refractivity (Wildman–Crippen MR) is 99.3 cm³/mol. The first-order valence-electron chi connectivity index (χ1n) is 6.11. The highest BCUT2D eigenvalue weighted by Gasteiger charge is 2.16. The topological polar surface area (TPSA) is 54.7 Å². The normalized spacial score (nSPS) is 10.8. The van der Waals surface area contributed by atoms with E-state index in [1.54, 1.807) is 0 Å². The van der Waals surface area contributed by atoms with Crippen molar-refractivity contribution in [1.29, 1.82) is 0 Å². The fourth-order valence-corrected chi connectivity index (χ4v) is 3.24. The van der Waals surface area contributed by atoms with Crippen LogP contribution in [0.3, 0.4) is 0 Å². The molecular formula is C15H10BrClIN3. The first-order valence-corrected chi connectivity index (χ1v) is 8.36. The summed E-state index contributed by atoms with van der Waals surface area (Å²) in [7, 11) is 0. The van der Waals surface area contributed by atoms with E-state index in [1.165, 1.54) is 0 Å². The summed E-state index contributed by atoms with van der Waals surface area (Å²) in [6, 6.07) is 13.7. The van der Waals surface area contributed by atoms with Crippen LogP contribution in [0.1, 0.15) is 0 Å². The van der Waals surface area contributed by atoms with Gasteiger partial charge < -0.3 is 5.73 Å². The van der Waals surface area contributed by atoms with Gasteiger partial charge >= 0.3 is 0 Å². The monoisotopic (exact) mass is 473 g/mol. The largest absolute Gasteiger partial charge is 0.382 e. The molecule has 0 aliphatic rings. The minimum absolute atomic E-state index is 0.475. The van der Waals surface area contributed by atoms with E-state index < -0.39 is 0 Å². The van der Waals surface area contributed by atoms with Gasteiger partial charge in [-0.05, 0) is 58.5 Å². The molecular weight excluding hydrogens is 464 g/mol. The quantitative estimate of drug-likeness (QED) is 0.492. The average Bonchev–Trinajstić information content (AvgIpc) is 2.84. The summed E-state index contributed by atoms with van der Waals surface area (Å²) in [5.74, 6) is 0.475. The molecule has 3 N–H and O–H groups in total. The summed E-state index contributed by atoms with van der Waals surface area (Å²) in [6.07, 6.45) is 0. The Bertz CT molecular complexity index is 799. The van der Waals surface area contributed by atoms with Gasteiger partial charge in [0.05, 0.1) is 11.3 Å². The highest BCUT2D eigenvalue weighted by Crippen LogP contribution is 2.37. The van der Waals surface area contributed by atoms with E-state index in [4.69, 9.17) is 17.3 Å². The number of hydrogen-bond donors (Lipinski definition) is 2. The Kier molecular flexibility index (Phi) is 4.24. The zero-order chi connectivity index (χ0) is 15.0. The average molecular weight is 475 g/mol. The zero-order valence-electron chi connectivity index (χ0n) is 10.7. The summed E-state index contributed by atoms with van der Waals surface area (Å²) in [6.45, 7) is 0. The standard InChI is InChI=1S/C15H10BrClIN3/c16-9-3-6-12(18)11(7-9)14-13(15(19)21-20-14)8-1-4-10(17)5-2-8/h1-7H,(H3,19,20,21). The van der Waals surface area contributed by atoms with Crippen LogP contribution in [0.5, 0.6) is 0 Å². The van der Waals surface area contributed by atoms with Gasteiger partial charge in [0.2, 0.25) is 0 Å². The van der Waals surface area contributed by atoms with Crippen LogP contribution >= 0.6 is 50.1 Å². The molecule has 6 heteroatoms. The van der Waals surface area contributed by atoms with Gasteiger partial charge in [-0.3, -0.25) is 5.10 Å². The van der Waals surface area contributed by atoms with Crippen molar-refractivity contribution < 1.29 is 0 Å². The van der Waals surface area contributed by atoms with Crippen LogP contribution < -0.4 is 5.73 Å². The number of benzene rings is 2. The Labute approximate surface area is 149 Å². The Morgan fingerprint density at radius 3 is 2.57 bits per heavy atom. The number of aromatic nitrogens is 2. The Morgan fingerprint density at radius 1 is 1.14 bits per heavy atom. The van der Waals surface area contributed by atoms with Crippen LogP contribution in [0.15, 0.2) is 46.9 Å². The third-order valence-corrected chi connectivity index (χ3v) is 4.81. The lowest BCUT2D eigenvalue weighted by molar-refractivity contribution is 1.10. The molecule has 0 aliphatic heterocycles. The summed E-state index contributed by atoms with van der Waals surface area (Å²) in [5.41, 5.74) is 9.88. The lowest BCUT2D eigenvalue weighted by Crippen LogP contribution is -1.90. The lowest BCUT2D eigenvalue weighted by atomic mass is 10.0. The molecule has 21 heavy (non-hydrogen) atoms. The fourth-order valence-electron chi connectivity index (χ4n) is 2.15. The van der Waals surface area contributed by atoms with Crippen molar-refractivity contribution in [3.05, 3.63) is 55.5 Å². The number of rotatable bonds is 2. The van der Waals surface area contributed by atoms with E-state index in [1.807, 2.05) is 42.5 Å². The molecule has 106 valence electrons. The highest BCUT2D eigenvalue weighted by atomic mass is 127. The van der Waals surface area contributed by atoms with Gasteiger partial charge in [-0.15, -0.1) is 0 Å². The maximum atomic E-state index is 6.05. The van der Waals surface area contributed by atoms with E-state index in [-0.39, 0.29) is 0 Å². The summed E-state index contributed by atoms with van der Waals surface area (Å²) in [4.78, 5) is 0. The summed E-state index contributed by atoms with van der Waals surface area (Å²) < 4.78 is 2.13. The molecule has 1 aromatic heterocycles. The molecule has 0 bridgehead atoms. The molecule has 0 unspecified atom stereocenters. The number of anilines is 1. The van der Waals surface area contributed by atoms with Crippen LogP contribution in [-0.4, -0.2) is 10.2 Å². The molecule has 1 heterocycles. The summed E-state index contributed by atoms with van der Waals surface area (Å²) in [5, 5.41) is 7.90. The lowest BCUT2D eigenvalue weighted by Gasteiger charge is -2.07. The van der Waals surface area contributed by atoms with E-state index >= 15 is 0 Å². The van der Waals surface area contributed by atoms with E-state index in [0.29, 0.717) is 10.8 Å². The number of aromatic amines is 1. The maximum absolute atomic E-state index is 6.05. The fraction of sp³-hybridized carbons (Fsp3) is 0. The van der Waals surface area contributed by atoms with Crippen molar-refractivity contribution >= 4 is 55.9 Å². The van der Waals surface area contributed by atoms with Crippen LogP contribution in [-0.2, 0) is 0 Å². The smallest absolute Gasteiger partial charge is 0.153 e. The number of nitrogens with one attached hydrogen (secondary N) is 1. The predicted octanol–water partition coefficient (Wildman–Crippen LogP) is 5.35. The Morgan fingerprint density at radius 2 is 1.86 bits per heavy atom. The molecule has 3 nitrogen and oxygen atoms in total. The third-order valence-electron chi connectivity index (χ3n) is 3.12. The number of nitrogens with two attached hydrogens (primary N) is 1. The van der Waals surface area contributed by atoms with Crippen molar-refractivity contribution in [3.8, 4) is 22.4 Å². The van der Waals surface area contributed by atoms with Gasteiger partial charge in [-0.1, -0.05) is 39.7 Å². The second kappa shape index (κ2) is 5.98. The minimum Gasteiger partial charge on any atom is -0.382 e. The van der Waals surface area contributed by atoms with E-state index in [2.05, 4.69) is 48.7 Å². The molecule has 0 spiro atoms. The number of H-pyrrole nitrogens is 1. The first-order chi connectivity index (χ1) is 10.1. The van der Waals surface area contributed by atoms with Crippen molar-refractivity contribution in [2.24, 2.45) is 0 Å². The van der Waals surface area contributed by atoms with Crippen molar-refractivity contribution in [2.75, 3.05) is 5.73 Å². The number of nitrogen functional groups attached to an aromatic ring is 1. The van der Waals surface area contributed by atoms with Crippen molar-refractivity contribution in [2.45, 2.75) is 0 Å². The number of nitrogens with zero attached hydrogens (tertiary/aromatic N) is 1.